The van der Waals surface area contributed by atoms with Crippen LogP contribution in [0.5, 0.6) is 0 Å². The minimum atomic E-state index is -2.64. The second-order valence-electron chi connectivity index (χ2n) is 12.0. The van der Waals surface area contributed by atoms with Gasteiger partial charge in [-0.2, -0.15) is 0 Å². The van der Waals surface area contributed by atoms with Crippen molar-refractivity contribution in [3.8, 4) is 0 Å². The van der Waals surface area contributed by atoms with Crippen molar-refractivity contribution in [2.45, 2.75) is 61.7 Å². The van der Waals surface area contributed by atoms with Crippen molar-refractivity contribution in [1.29, 1.82) is 0 Å². The third kappa shape index (κ3) is 4.12. The monoisotopic (exact) mass is 601 g/mol. The number of urea groups is 1. The Morgan fingerprint density at radius 2 is 1.80 bits per heavy atom. The summed E-state index contributed by atoms with van der Waals surface area (Å²) in [6, 6.07) is 10.7. The molecule has 5 aliphatic rings. The van der Waals surface area contributed by atoms with Gasteiger partial charge in [0.15, 0.2) is 17.6 Å². The molecular weight excluding hydrogens is 566 g/mol. The van der Waals surface area contributed by atoms with Gasteiger partial charge in [0.25, 0.3) is 11.8 Å². The van der Waals surface area contributed by atoms with Gasteiger partial charge in [0.05, 0.1) is 12.6 Å². The number of rotatable bonds is 5. The maximum atomic E-state index is 13.7. The van der Waals surface area contributed by atoms with Crippen LogP contribution in [0.4, 0.5) is 10.5 Å². The van der Waals surface area contributed by atoms with Crippen molar-refractivity contribution in [1.82, 2.24) is 20.4 Å². The van der Waals surface area contributed by atoms with Crippen LogP contribution in [-0.4, -0.2) is 99.0 Å². The van der Waals surface area contributed by atoms with Gasteiger partial charge in [-0.1, -0.05) is 36.8 Å². The van der Waals surface area contributed by atoms with Crippen LogP contribution in [-0.2, 0) is 17.6 Å². The molecule has 2 aromatic rings. The first-order valence-corrected chi connectivity index (χ1v) is 14.9. The van der Waals surface area contributed by atoms with E-state index in [0.717, 1.165) is 48.1 Å². The highest BCUT2D eigenvalue weighted by Gasteiger charge is 2.73. The summed E-state index contributed by atoms with van der Waals surface area (Å²) in [6.07, 6.45) is 4.78. The summed E-state index contributed by atoms with van der Waals surface area (Å²) in [5, 5.41) is 29.4. The van der Waals surface area contributed by atoms with Crippen molar-refractivity contribution in [3.05, 3.63) is 65.2 Å². The van der Waals surface area contributed by atoms with E-state index in [4.69, 9.17) is 11.5 Å². The number of benzene rings is 2. The number of aliphatic imine (C=N–C) groups is 2. The smallest absolute Gasteiger partial charge is 0.331 e. The minimum Gasteiger partial charge on any atom is -0.370 e. The third-order valence-corrected chi connectivity index (χ3v) is 9.49. The molecule has 0 bridgehead atoms. The van der Waals surface area contributed by atoms with E-state index in [2.05, 4.69) is 20.6 Å². The molecule has 3 unspecified atom stereocenters. The Morgan fingerprint density at radius 3 is 2.59 bits per heavy atom. The maximum Gasteiger partial charge on any atom is 0.331 e. The number of anilines is 1. The number of imide groups is 1. The number of aliphatic hydroxyl groups is 2. The summed E-state index contributed by atoms with van der Waals surface area (Å²) in [5.74, 6) is -3.67. The van der Waals surface area contributed by atoms with Crippen molar-refractivity contribution >= 4 is 35.5 Å². The fraction of sp³-hybridized carbons (Fsp3) is 0.433. The molecule has 7 rings (SSSR count). The van der Waals surface area contributed by atoms with Gasteiger partial charge in [-0.05, 0) is 55.0 Å². The van der Waals surface area contributed by atoms with E-state index in [1.807, 2.05) is 18.2 Å². The van der Waals surface area contributed by atoms with E-state index in [1.165, 1.54) is 9.80 Å². The molecule has 4 aliphatic heterocycles. The van der Waals surface area contributed by atoms with Crippen LogP contribution in [0, 0.1) is 0 Å². The molecule has 1 spiro atoms. The molecule has 0 aromatic heterocycles. The van der Waals surface area contributed by atoms with Crippen LogP contribution in [0.15, 0.2) is 58.5 Å². The van der Waals surface area contributed by atoms with Gasteiger partial charge in [-0.3, -0.25) is 19.4 Å². The van der Waals surface area contributed by atoms with E-state index >= 15 is 0 Å². The number of hydrogen-bond donors (Lipinski definition) is 6. The number of nitrogens with zero attached hydrogens (tertiary/aromatic N) is 5. The lowest BCUT2D eigenvalue weighted by molar-refractivity contribution is -0.230. The summed E-state index contributed by atoms with van der Waals surface area (Å²) in [4.78, 5) is 52.9. The second kappa shape index (κ2) is 10.2. The molecule has 2 fully saturated rings. The average Bonchev–Trinajstić information content (AvgIpc) is 3.48. The first kappa shape index (κ1) is 28.1. The highest BCUT2D eigenvalue weighted by atomic mass is 16.5. The molecule has 8 N–H and O–H groups in total. The number of guanidine groups is 2. The molecule has 2 aromatic carbocycles. The van der Waals surface area contributed by atoms with Crippen molar-refractivity contribution < 1.29 is 24.6 Å². The Labute approximate surface area is 253 Å². The first-order chi connectivity index (χ1) is 21.1. The van der Waals surface area contributed by atoms with Crippen LogP contribution in [0.1, 0.15) is 40.7 Å². The van der Waals surface area contributed by atoms with Gasteiger partial charge in [-0.25, -0.2) is 14.8 Å². The van der Waals surface area contributed by atoms with Crippen molar-refractivity contribution in [2.24, 2.45) is 21.5 Å². The van der Waals surface area contributed by atoms with Gasteiger partial charge < -0.3 is 37.2 Å². The van der Waals surface area contributed by atoms with Crippen LogP contribution < -0.4 is 27.0 Å². The number of carbonyl (C=O) groups is 3. The van der Waals surface area contributed by atoms with Crippen LogP contribution >= 0.6 is 0 Å². The standard InChI is InChI=1S/C30H35N9O5/c31-26-35-24-21(14-38-23(40)16-37(28(38)42)18-10-4-2-5-11-18)33-27(32)39-15-22(30(43,44)29(24,39)36-26)34-25(41)20-13-7-9-17-8-3-1-6-12-19(17)20/h2,4-5,7,9-11,13,21-22,24,43-44H,1,3,6,8,12,14-16H2,(H2,32,33)(H,34,41)(H3,31,35,36)/t21-,22?,24?,29?/m0/s1. The van der Waals surface area contributed by atoms with Crippen LogP contribution in [0.2, 0.25) is 0 Å². The van der Waals surface area contributed by atoms with E-state index in [0.29, 0.717) is 11.3 Å². The number of nitrogens with one attached hydrogen (secondary N) is 2. The topological polar surface area (TPSA) is 202 Å². The number of hydrogen-bond acceptors (Lipinski definition) is 11. The van der Waals surface area contributed by atoms with E-state index in [-0.39, 0.29) is 31.6 Å². The molecule has 14 nitrogen and oxygen atoms in total. The Balaban J connectivity index is 1.16. The number of para-hydroxylation sites is 1. The molecule has 2 saturated heterocycles. The minimum absolute atomic E-state index is 0.0690. The zero-order valence-corrected chi connectivity index (χ0v) is 24.0. The number of nitrogens with two attached hydrogens (primary N) is 2. The molecule has 14 heteroatoms. The zero-order chi connectivity index (χ0) is 30.8. The van der Waals surface area contributed by atoms with E-state index in [1.54, 1.807) is 30.3 Å². The van der Waals surface area contributed by atoms with Gasteiger partial charge in [0, 0.05) is 17.8 Å². The molecule has 4 atom stereocenters. The molecule has 4 heterocycles. The summed E-state index contributed by atoms with van der Waals surface area (Å²) in [5.41, 5.74) is 13.9. The van der Waals surface area contributed by atoms with Gasteiger partial charge in [-0.15, -0.1) is 0 Å². The average molecular weight is 602 g/mol. The quantitative estimate of drug-likeness (QED) is 0.144. The van der Waals surface area contributed by atoms with Crippen molar-refractivity contribution in [2.75, 3.05) is 24.5 Å². The van der Waals surface area contributed by atoms with Gasteiger partial charge in [0.2, 0.25) is 5.79 Å². The lowest BCUT2D eigenvalue weighted by Crippen LogP contribution is -2.78. The largest absolute Gasteiger partial charge is 0.370 e. The highest BCUT2D eigenvalue weighted by molar-refractivity contribution is 6.12. The van der Waals surface area contributed by atoms with E-state index in [9.17, 15) is 24.6 Å². The predicted octanol–water partition coefficient (Wildman–Crippen LogP) is -0.801. The lowest BCUT2D eigenvalue weighted by Gasteiger charge is -2.49. The normalized spacial score (nSPS) is 28.9. The molecule has 0 saturated carbocycles. The summed E-state index contributed by atoms with van der Waals surface area (Å²) in [6.45, 7) is -0.475. The SMILES string of the molecule is NC1=NC2[C@H](CN3C(=O)CN(c4ccccc4)C3=O)N=C(N)N3CC(NC(=O)c4cccc5c4CCCCC5)C(O)(O)C23N1. The van der Waals surface area contributed by atoms with Crippen LogP contribution in [0.25, 0.3) is 0 Å². The zero-order valence-electron chi connectivity index (χ0n) is 24.0. The van der Waals surface area contributed by atoms with Crippen molar-refractivity contribution in [3.63, 3.8) is 0 Å². The number of fused-ring (bicyclic) bond motifs is 1. The highest BCUT2D eigenvalue weighted by Crippen LogP contribution is 2.45. The van der Waals surface area contributed by atoms with Gasteiger partial charge >= 0.3 is 6.03 Å². The summed E-state index contributed by atoms with van der Waals surface area (Å²) < 4.78 is 0. The second-order valence-corrected chi connectivity index (χ2v) is 12.0. The summed E-state index contributed by atoms with van der Waals surface area (Å²) >= 11 is 0. The molecule has 44 heavy (non-hydrogen) atoms. The Morgan fingerprint density at radius 1 is 1.02 bits per heavy atom. The lowest BCUT2D eigenvalue weighted by atomic mass is 9.84. The fourth-order valence-electron chi connectivity index (χ4n) is 7.36. The summed E-state index contributed by atoms with van der Waals surface area (Å²) in [7, 11) is 0. The first-order valence-electron chi connectivity index (χ1n) is 14.9. The molecule has 4 amide bonds. The Kier molecular flexibility index (Phi) is 6.51. The fourth-order valence-corrected chi connectivity index (χ4v) is 7.36. The maximum absolute atomic E-state index is 13.7. The number of amides is 4. The van der Waals surface area contributed by atoms with Gasteiger partial charge in [0.1, 0.15) is 18.6 Å². The molecule has 230 valence electrons. The molecule has 1 aliphatic carbocycles. The third-order valence-electron chi connectivity index (χ3n) is 9.49. The molecular formula is C30H35N9O5. The Hall–Kier alpha value is -4.69. The predicted molar refractivity (Wildman–Crippen MR) is 160 cm³/mol. The number of carbonyl (C=O) groups excluding carboxylic acids is 3. The Bertz CT molecular complexity index is 1590. The van der Waals surface area contributed by atoms with Crippen LogP contribution in [0.3, 0.4) is 0 Å². The number of aryl methyl sites for hydroxylation is 1. The van der Waals surface area contributed by atoms with E-state index < -0.39 is 47.4 Å². The molecule has 0 radical (unpaired) electrons.